The molecule has 4 rings (SSSR count). The highest BCUT2D eigenvalue weighted by Gasteiger charge is 2.22. The third kappa shape index (κ3) is 5.52. The fraction of sp³-hybridized carbons (Fsp3) is 0.115. The van der Waals surface area contributed by atoms with Crippen LogP contribution in [-0.2, 0) is 9.59 Å². The van der Waals surface area contributed by atoms with Gasteiger partial charge >= 0.3 is 11.8 Å². The summed E-state index contributed by atoms with van der Waals surface area (Å²) in [5.41, 5.74) is 4.70. The molecule has 0 spiro atoms. The van der Waals surface area contributed by atoms with Gasteiger partial charge in [0.2, 0.25) is 0 Å². The molecule has 1 heterocycles. The molecule has 35 heavy (non-hydrogen) atoms. The van der Waals surface area contributed by atoms with E-state index in [2.05, 4.69) is 32.0 Å². The standard InChI is InChI=1S/C26H23BrN4O4/c1-16(17-6-4-3-5-7-17)28-25(33)26(34)30-31-22-13-8-19(27)14-18(22)15-23(31)24(32)29-20-9-11-21(35-2)12-10-20/h3-16H,1-2H3,(H,28,33)(H,29,32)(H,30,34)/t16-/m0/s1. The Kier molecular flexibility index (Phi) is 7.17. The second-order valence-electron chi connectivity index (χ2n) is 7.80. The molecular formula is C26H23BrN4O4. The van der Waals surface area contributed by atoms with Crippen LogP contribution < -0.4 is 20.8 Å². The first-order valence-corrected chi connectivity index (χ1v) is 11.6. The molecule has 0 aliphatic heterocycles. The highest BCUT2D eigenvalue weighted by Crippen LogP contribution is 2.24. The molecule has 1 atom stereocenters. The molecule has 1 aromatic heterocycles. The molecule has 178 valence electrons. The van der Waals surface area contributed by atoms with E-state index in [1.54, 1.807) is 56.5 Å². The number of carbonyl (C=O) groups is 3. The lowest BCUT2D eigenvalue weighted by Crippen LogP contribution is -2.40. The highest BCUT2D eigenvalue weighted by atomic mass is 79.9. The van der Waals surface area contributed by atoms with E-state index in [1.807, 2.05) is 36.4 Å². The normalized spacial score (nSPS) is 11.5. The average molecular weight is 535 g/mol. The number of ether oxygens (including phenoxy) is 1. The second kappa shape index (κ2) is 10.4. The van der Waals surface area contributed by atoms with Gasteiger partial charge in [0.15, 0.2) is 0 Å². The average Bonchev–Trinajstić information content (AvgIpc) is 3.22. The summed E-state index contributed by atoms with van der Waals surface area (Å²) in [6.07, 6.45) is 0. The van der Waals surface area contributed by atoms with Crippen LogP contribution in [0.25, 0.3) is 10.9 Å². The van der Waals surface area contributed by atoms with Crippen LogP contribution in [-0.4, -0.2) is 29.5 Å². The minimum absolute atomic E-state index is 0.158. The van der Waals surface area contributed by atoms with E-state index in [9.17, 15) is 14.4 Å². The summed E-state index contributed by atoms with van der Waals surface area (Å²) in [4.78, 5) is 38.5. The minimum atomic E-state index is -0.897. The zero-order valence-corrected chi connectivity index (χ0v) is 20.6. The van der Waals surface area contributed by atoms with Gasteiger partial charge in [0.25, 0.3) is 5.91 Å². The summed E-state index contributed by atoms with van der Waals surface area (Å²) >= 11 is 3.42. The van der Waals surface area contributed by atoms with Crippen molar-refractivity contribution in [3.8, 4) is 5.75 Å². The molecule has 0 bridgehead atoms. The number of fused-ring (bicyclic) bond motifs is 1. The van der Waals surface area contributed by atoms with E-state index < -0.39 is 17.7 Å². The van der Waals surface area contributed by atoms with Crippen molar-refractivity contribution in [3.63, 3.8) is 0 Å². The maximum absolute atomic E-state index is 13.1. The number of hydrogen-bond acceptors (Lipinski definition) is 4. The number of nitrogens with one attached hydrogen (secondary N) is 3. The number of benzene rings is 3. The number of aromatic nitrogens is 1. The van der Waals surface area contributed by atoms with Gasteiger partial charge in [-0.1, -0.05) is 46.3 Å². The first-order chi connectivity index (χ1) is 16.9. The molecule has 8 nitrogen and oxygen atoms in total. The molecule has 0 unspecified atom stereocenters. The van der Waals surface area contributed by atoms with Crippen molar-refractivity contribution in [1.82, 2.24) is 9.99 Å². The highest BCUT2D eigenvalue weighted by molar-refractivity contribution is 9.10. The van der Waals surface area contributed by atoms with Crippen LogP contribution in [0.4, 0.5) is 5.69 Å². The molecule has 0 saturated heterocycles. The van der Waals surface area contributed by atoms with Gasteiger partial charge in [-0.3, -0.25) is 19.8 Å². The van der Waals surface area contributed by atoms with Gasteiger partial charge in [-0.05, 0) is 61.0 Å². The Bertz CT molecular complexity index is 1380. The molecule has 9 heteroatoms. The van der Waals surface area contributed by atoms with E-state index in [1.165, 1.54) is 4.68 Å². The number of methoxy groups -OCH3 is 1. The van der Waals surface area contributed by atoms with Crippen LogP contribution in [0.5, 0.6) is 5.75 Å². The third-order valence-electron chi connectivity index (χ3n) is 5.41. The van der Waals surface area contributed by atoms with Crippen molar-refractivity contribution in [2.75, 3.05) is 17.9 Å². The number of anilines is 1. The SMILES string of the molecule is COc1ccc(NC(=O)c2cc3cc(Br)ccc3n2NC(=O)C(=O)N[C@@H](C)c2ccccc2)cc1. The number of hydrogen-bond donors (Lipinski definition) is 3. The first kappa shape index (κ1) is 24.0. The number of nitrogens with zero attached hydrogens (tertiary/aromatic N) is 1. The zero-order valence-electron chi connectivity index (χ0n) is 19.0. The Labute approximate surface area is 210 Å². The number of amides is 3. The van der Waals surface area contributed by atoms with E-state index >= 15 is 0 Å². The van der Waals surface area contributed by atoms with Crippen molar-refractivity contribution in [1.29, 1.82) is 0 Å². The Morgan fingerprint density at radius 2 is 1.63 bits per heavy atom. The van der Waals surface area contributed by atoms with Gasteiger partial charge in [0, 0.05) is 15.5 Å². The van der Waals surface area contributed by atoms with E-state index in [-0.39, 0.29) is 11.7 Å². The van der Waals surface area contributed by atoms with Crippen molar-refractivity contribution >= 4 is 50.2 Å². The monoisotopic (exact) mass is 534 g/mol. The fourth-order valence-corrected chi connectivity index (χ4v) is 3.96. The van der Waals surface area contributed by atoms with Gasteiger partial charge in [-0.25, -0.2) is 4.68 Å². The smallest absolute Gasteiger partial charge is 0.328 e. The fourth-order valence-electron chi connectivity index (χ4n) is 3.58. The van der Waals surface area contributed by atoms with Gasteiger partial charge < -0.3 is 15.4 Å². The Hall–Kier alpha value is -4.11. The zero-order chi connectivity index (χ0) is 24.9. The van der Waals surface area contributed by atoms with Crippen molar-refractivity contribution in [3.05, 3.63) is 94.6 Å². The summed E-state index contributed by atoms with van der Waals surface area (Å²) in [5, 5.41) is 6.19. The molecule has 0 saturated carbocycles. The summed E-state index contributed by atoms with van der Waals surface area (Å²) in [6.45, 7) is 1.79. The third-order valence-corrected chi connectivity index (χ3v) is 5.90. The number of carbonyl (C=O) groups excluding carboxylic acids is 3. The van der Waals surface area contributed by atoms with Gasteiger partial charge in [-0.15, -0.1) is 0 Å². The maximum Gasteiger partial charge on any atom is 0.328 e. The van der Waals surface area contributed by atoms with Crippen LogP contribution in [0.2, 0.25) is 0 Å². The summed E-state index contributed by atoms with van der Waals surface area (Å²) in [5.74, 6) is -1.51. The van der Waals surface area contributed by atoms with E-state index in [0.29, 0.717) is 22.3 Å². The summed E-state index contributed by atoms with van der Waals surface area (Å²) < 4.78 is 7.27. The molecule has 3 amide bonds. The van der Waals surface area contributed by atoms with Crippen LogP contribution in [0.3, 0.4) is 0 Å². The van der Waals surface area contributed by atoms with Crippen LogP contribution in [0, 0.1) is 0 Å². The first-order valence-electron chi connectivity index (χ1n) is 10.8. The lowest BCUT2D eigenvalue weighted by Gasteiger charge is -2.16. The topological polar surface area (TPSA) is 101 Å². The predicted octanol–water partition coefficient (Wildman–Crippen LogP) is 4.61. The Balaban J connectivity index is 1.58. The predicted molar refractivity (Wildman–Crippen MR) is 138 cm³/mol. The minimum Gasteiger partial charge on any atom is -0.497 e. The van der Waals surface area contributed by atoms with E-state index in [0.717, 1.165) is 10.0 Å². The lowest BCUT2D eigenvalue weighted by molar-refractivity contribution is -0.137. The molecular weight excluding hydrogens is 512 g/mol. The Morgan fingerprint density at radius 1 is 0.914 bits per heavy atom. The second-order valence-corrected chi connectivity index (χ2v) is 8.71. The van der Waals surface area contributed by atoms with Crippen molar-refractivity contribution in [2.24, 2.45) is 0 Å². The largest absolute Gasteiger partial charge is 0.497 e. The lowest BCUT2D eigenvalue weighted by atomic mass is 10.1. The van der Waals surface area contributed by atoms with Gasteiger partial charge in [0.1, 0.15) is 11.4 Å². The van der Waals surface area contributed by atoms with Crippen molar-refractivity contribution < 1.29 is 19.1 Å². The van der Waals surface area contributed by atoms with E-state index in [4.69, 9.17) is 4.74 Å². The molecule has 3 aromatic carbocycles. The molecule has 0 fully saturated rings. The Morgan fingerprint density at radius 3 is 2.31 bits per heavy atom. The molecule has 0 radical (unpaired) electrons. The molecule has 3 N–H and O–H groups in total. The van der Waals surface area contributed by atoms with Crippen LogP contribution >= 0.6 is 15.9 Å². The quantitative estimate of drug-likeness (QED) is 0.314. The van der Waals surface area contributed by atoms with Crippen LogP contribution in [0.15, 0.2) is 83.3 Å². The summed E-state index contributed by atoms with van der Waals surface area (Å²) in [7, 11) is 1.56. The van der Waals surface area contributed by atoms with Crippen LogP contribution in [0.1, 0.15) is 29.0 Å². The van der Waals surface area contributed by atoms with Gasteiger partial charge in [-0.2, -0.15) is 0 Å². The van der Waals surface area contributed by atoms with Gasteiger partial charge in [0.05, 0.1) is 18.7 Å². The molecule has 0 aliphatic rings. The molecule has 0 aliphatic carbocycles. The molecule has 4 aromatic rings. The number of rotatable bonds is 6. The summed E-state index contributed by atoms with van der Waals surface area (Å²) in [6, 6.07) is 22.8. The number of halogens is 1. The maximum atomic E-state index is 13.1. The van der Waals surface area contributed by atoms with Crippen molar-refractivity contribution in [2.45, 2.75) is 13.0 Å².